The van der Waals surface area contributed by atoms with Crippen LogP contribution >= 0.6 is 22.7 Å². The molecule has 4 rings (SSSR count). The number of ether oxygens (including phenoxy) is 2. The number of nitrogens with one attached hydrogen (secondary N) is 1. The van der Waals surface area contributed by atoms with Crippen molar-refractivity contribution >= 4 is 60.3 Å². The van der Waals surface area contributed by atoms with Gasteiger partial charge in [0.25, 0.3) is 5.91 Å². The van der Waals surface area contributed by atoms with Crippen LogP contribution in [0.2, 0.25) is 0 Å². The summed E-state index contributed by atoms with van der Waals surface area (Å²) in [6, 6.07) is 8.44. The summed E-state index contributed by atoms with van der Waals surface area (Å²) >= 11 is 2.39. The number of sulfonamides is 1. The lowest BCUT2D eigenvalue weighted by molar-refractivity contribution is 0.0532. The van der Waals surface area contributed by atoms with E-state index in [1.807, 2.05) is 0 Å². The highest BCUT2D eigenvalue weighted by molar-refractivity contribution is 7.89. The Morgan fingerprint density at radius 3 is 2.71 bits per heavy atom. The summed E-state index contributed by atoms with van der Waals surface area (Å²) in [5, 5.41) is 5.15. The second-order valence-electron chi connectivity index (χ2n) is 6.67. The molecule has 0 saturated carbocycles. The predicted octanol–water partition coefficient (Wildman–Crippen LogP) is 3.41. The minimum Gasteiger partial charge on any atom is -0.462 e. The lowest BCUT2D eigenvalue weighted by Gasteiger charge is -2.26. The number of anilines is 1. The van der Waals surface area contributed by atoms with Crippen LogP contribution < -0.4 is 5.32 Å². The second kappa shape index (κ2) is 9.05. The van der Waals surface area contributed by atoms with Gasteiger partial charge in [-0.15, -0.1) is 22.7 Å². The molecule has 11 heteroatoms. The Kier molecular flexibility index (Phi) is 6.39. The molecule has 1 saturated heterocycles. The van der Waals surface area contributed by atoms with Crippen LogP contribution in [0.25, 0.3) is 10.1 Å². The number of rotatable bonds is 6. The standard InChI is InChI=1S/C20H20N2O6S3/c1-2-28-20(24)16-12-13-11-14(3-4-15(13)30-16)21-19(23)18-17(5-10-29-18)31(25,26)22-6-8-27-9-7-22/h3-5,10-12H,2,6-9H2,1H3,(H,21,23). The van der Waals surface area contributed by atoms with Crippen LogP contribution in [-0.2, 0) is 19.5 Å². The third-order valence-corrected chi connectivity index (χ3v) is 8.75. The molecule has 164 valence electrons. The fraction of sp³-hybridized carbons (Fsp3) is 0.300. The van der Waals surface area contributed by atoms with E-state index < -0.39 is 15.9 Å². The zero-order valence-electron chi connectivity index (χ0n) is 16.6. The number of hydrogen-bond donors (Lipinski definition) is 1. The second-order valence-corrected chi connectivity index (χ2v) is 10.6. The van der Waals surface area contributed by atoms with Gasteiger partial charge >= 0.3 is 5.97 Å². The largest absolute Gasteiger partial charge is 0.462 e. The molecule has 0 atom stereocenters. The van der Waals surface area contributed by atoms with E-state index in [0.717, 1.165) is 21.4 Å². The van der Waals surface area contributed by atoms with Gasteiger partial charge in [0.05, 0.1) is 19.8 Å². The molecule has 1 N–H and O–H groups in total. The Morgan fingerprint density at radius 2 is 1.97 bits per heavy atom. The van der Waals surface area contributed by atoms with Crippen LogP contribution in [0.1, 0.15) is 26.3 Å². The predicted molar refractivity (Wildman–Crippen MR) is 120 cm³/mol. The number of carbonyl (C=O) groups is 2. The van der Waals surface area contributed by atoms with Gasteiger partial charge in [-0.05, 0) is 48.0 Å². The van der Waals surface area contributed by atoms with Gasteiger partial charge in [0, 0.05) is 23.5 Å². The van der Waals surface area contributed by atoms with Crippen molar-refractivity contribution in [2.45, 2.75) is 11.8 Å². The Bertz CT molecular complexity index is 1220. The third-order valence-electron chi connectivity index (χ3n) is 4.67. The summed E-state index contributed by atoms with van der Waals surface area (Å²) in [7, 11) is -3.78. The zero-order chi connectivity index (χ0) is 22.0. The molecule has 0 aliphatic carbocycles. The van der Waals surface area contributed by atoms with E-state index >= 15 is 0 Å². The average molecular weight is 481 g/mol. The van der Waals surface area contributed by atoms with E-state index in [1.54, 1.807) is 36.6 Å². The summed E-state index contributed by atoms with van der Waals surface area (Å²) in [5.74, 6) is -0.882. The number of hydrogen-bond acceptors (Lipinski definition) is 8. The molecular formula is C20H20N2O6S3. The van der Waals surface area contributed by atoms with E-state index in [4.69, 9.17) is 9.47 Å². The van der Waals surface area contributed by atoms with Gasteiger partial charge in [0.1, 0.15) is 14.6 Å². The van der Waals surface area contributed by atoms with Gasteiger partial charge in [-0.3, -0.25) is 4.79 Å². The molecule has 31 heavy (non-hydrogen) atoms. The van der Waals surface area contributed by atoms with E-state index in [2.05, 4.69) is 5.32 Å². The van der Waals surface area contributed by atoms with Crippen LogP contribution in [0.4, 0.5) is 5.69 Å². The van der Waals surface area contributed by atoms with Crippen LogP contribution in [-0.4, -0.2) is 57.5 Å². The first-order chi connectivity index (χ1) is 14.9. The van der Waals surface area contributed by atoms with E-state index in [-0.39, 0.29) is 28.8 Å². The van der Waals surface area contributed by atoms with Crippen molar-refractivity contribution in [1.82, 2.24) is 4.31 Å². The fourth-order valence-corrected chi connectivity index (χ4v) is 6.84. The fourth-order valence-electron chi connectivity index (χ4n) is 3.20. The van der Waals surface area contributed by atoms with Crippen molar-refractivity contribution in [2.75, 3.05) is 38.2 Å². The maximum Gasteiger partial charge on any atom is 0.348 e. The van der Waals surface area contributed by atoms with E-state index in [1.165, 1.54) is 21.7 Å². The number of fused-ring (bicyclic) bond motifs is 1. The molecule has 1 amide bonds. The molecule has 8 nitrogen and oxygen atoms in total. The molecule has 0 spiro atoms. The Balaban J connectivity index is 1.56. The third kappa shape index (κ3) is 4.51. The Morgan fingerprint density at radius 1 is 1.19 bits per heavy atom. The van der Waals surface area contributed by atoms with Crippen molar-refractivity contribution in [3.63, 3.8) is 0 Å². The SMILES string of the molecule is CCOC(=O)c1cc2cc(NC(=O)c3sccc3S(=O)(=O)N3CCOCC3)ccc2s1. The maximum absolute atomic E-state index is 13.0. The van der Waals surface area contributed by atoms with Gasteiger partial charge < -0.3 is 14.8 Å². The Hall–Kier alpha value is -2.31. The van der Waals surface area contributed by atoms with Crippen LogP contribution in [0.3, 0.4) is 0 Å². The molecule has 1 fully saturated rings. The van der Waals surface area contributed by atoms with Crippen LogP contribution in [0.15, 0.2) is 40.6 Å². The molecule has 0 radical (unpaired) electrons. The minimum atomic E-state index is -3.78. The summed E-state index contributed by atoms with van der Waals surface area (Å²) < 4.78 is 38.4. The summed E-state index contributed by atoms with van der Waals surface area (Å²) in [4.78, 5) is 25.4. The minimum absolute atomic E-state index is 0.00175. The molecule has 0 bridgehead atoms. The molecule has 3 heterocycles. The van der Waals surface area contributed by atoms with Gasteiger partial charge in [0.2, 0.25) is 10.0 Å². The molecule has 0 unspecified atom stereocenters. The zero-order valence-corrected chi connectivity index (χ0v) is 19.1. The van der Waals surface area contributed by atoms with Gasteiger partial charge in [0.15, 0.2) is 0 Å². The molecule has 3 aromatic rings. The maximum atomic E-state index is 13.0. The highest BCUT2D eigenvalue weighted by Crippen LogP contribution is 2.30. The number of esters is 1. The van der Waals surface area contributed by atoms with E-state index in [0.29, 0.717) is 30.4 Å². The van der Waals surface area contributed by atoms with Crippen LogP contribution in [0.5, 0.6) is 0 Å². The highest BCUT2D eigenvalue weighted by Gasteiger charge is 2.31. The van der Waals surface area contributed by atoms with E-state index in [9.17, 15) is 18.0 Å². The van der Waals surface area contributed by atoms with Crippen molar-refractivity contribution in [3.8, 4) is 0 Å². The number of benzene rings is 1. The summed E-state index contributed by atoms with van der Waals surface area (Å²) in [6.45, 7) is 3.23. The molecule has 2 aromatic heterocycles. The normalized spacial score (nSPS) is 15.1. The van der Waals surface area contributed by atoms with Crippen molar-refractivity contribution in [2.24, 2.45) is 0 Å². The van der Waals surface area contributed by atoms with Crippen molar-refractivity contribution in [1.29, 1.82) is 0 Å². The van der Waals surface area contributed by atoms with Crippen molar-refractivity contribution < 1.29 is 27.5 Å². The number of carbonyl (C=O) groups excluding carboxylic acids is 2. The first kappa shape index (κ1) is 21.9. The van der Waals surface area contributed by atoms with Gasteiger partial charge in [-0.25, -0.2) is 13.2 Å². The molecule has 1 aromatic carbocycles. The number of morpholine rings is 1. The van der Waals surface area contributed by atoms with Gasteiger partial charge in [-0.2, -0.15) is 4.31 Å². The smallest absolute Gasteiger partial charge is 0.348 e. The quantitative estimate of drug-likeness (QED) is 0.543. The molecule has 1 aliphatic rings. The van der Waals surface area contributed by atoms with Crippen molar-refractivity contribution in [3.05, 3.63) is 45.5 Å². The first-order valence-corrected chi connectivity index (χ1v) is 12.7. The molecule has 1 aliphatic heterocycles. The lowest BCUT2D eigenvalue weighted by Crippen LogP contribution is -2.41. The topological polar surface area (TPSA) is 102 Å². The molecular weight excluding hydrogens is 460 g/mol. The summed E-state index contributed by atoms with van der Waals surface area (Å²) in [6.07, 6.45) is 0. The lowest BCUT2D eigenvalue weighted by atomic mass is 10.2. The summed E-state index contributed by atoms with van der Waals surface area (Å²) in [5.41, 5.74) is 0.508. The number of nitrogens with zero attached hydrogens (tertiary/aromatic N) is 1. The monoisotopic (exact) mass is 480 g/mol. The average Bonchev–Trinajstić information content (AvgIpc) is 3.42. The Labute approximate surface area is 187 Å². The number of thiophene rings is 2. The van der Waals surface area contributed by atoms with Gasteiger partial charge in [-0.1, -0.05) is 0 Å². The first-order valence-electron chi connectivity index (χ1n) is 9.57. The number of amides is 1. The highest BCUT2D eigenvalue weighted by atomic mass is 32.2. The van der Waals surface area contributed by atoms with Crippen LogP contribution in [0, 0.1) is 0 Å².